The molecular formula is C27H30N4O4S2. The molecule has 0 aliphatic carbocycles. The van der Waals surface area contributed by atoms with E-state index in [0.29, 0.717) is 36.3 Å². The maximum Gasteiger partial charge on any atom is 0.269 e. The number of fused-ring (bicyclic) bond motifs is 1. The molecule has 3 heterocycles. The van der Waals surface area contributed by atoms with E-state index in [1.807, 2.05) is 30.5 Å². The number of nitrogens with one attached hydrogen (secondary N) is 2. The number of ether oxygens (including phenoxy) is 1. The van der Waals surface area contributed by atoms with Gasteiger partial charge in [0.05, 0.1) is 23.6 Å². The molecule has 1 saturated heterocycles. The van der Waals surface area contributed by atoms with Crippen molar-refractivity contribution in [3.63, 3.8) is 0 Å². The second-order valence-electron chi connectivity index (χ2n) is 8.81. The number of hydrogen-bond donors (Lipinski definition) is 2. The van der Waals surface area contributed by atoms with E-state index in [2.05, 4.69) is 15.5 Å². The summed E-state index contributed by atoms with van der Waals surface area (Å²) >= 11 is 1.53. The van der Waals surface area contributed by atoms with E-state index in [1.54, 1.807) is 42.5 Å². The smallest absolute Gasteiger partial charge is 0.269 e. The van der Waals surface area contributed by atoms with Crippen LogP contribution in [0.4, 0.5) is 0 Å². The third kappa shape index (κ3) is 5.28. The van der Waals surface area contributed by atoms with Crippen LogP contribution in [0.5, 0.6) is 5.75 Å². The Morgan fingerprint density at radius 1 is 1.08 bits per heavy atom. The molecule has 0 saturated carbocycles. The van der Waals surface area contributed by atoms with Crippen molar-refractivity contribution < 1.29 is 17.9 Å². The number of aromatic nitrogens is 1. The Labute approximate surface area is 220 Å². The van der Waals surface area contributed by atoms with Gasteiger partial charge in [0.1, 0.15) is 11.4 Å². The van der Waals surface area contributed by atoms with Crippen LogP contribution < -0.4 is 15.4 Å². The van der Waals surface area contributed by atoms with Gasteiger partial charge in [-0.1, -0.05) is 24.3 Å². The van der Waals surface area contributed by atoms with Crippen molar-refractivity contribution in [2.24, 2.45) is 0 Å². The molecule has 37 heavy (non-hydrogen) atoms. The molecule has 0 atom stereocenters. The van der Waals surface area contributed by atoms with Crippen LogP contribution in [0.1, 0.15) is 27.9 Å². The third-order valence-electron chi connectivity index (χ3n) is 6.42. The molecule has 0 unspecified atom stereocenters. The van der Waals surface area contributed by atoms with Crippen molar-refractivity contribution in [3.05, 3.63) is 82.2 Å². The maximum absolute atomic E-state index is 13.9. The van der Waals surface area contributed by atoms with E-state index in [4.69, 9.17) is 4.74 Å². The van der Waals surface area contributed by atoms with Gasteiger partial charge < -0.3 is 15.4 Å². The van der Waals surface area contributed by atoms with Crippen LogP contribution in [-0.4, -0.2) is 56.0 Å². The SMILES string of the molecule is CCOc1ccc2c(cc(C(=O)NCc3cccs3)n2S(=O)(=O)c2ccccc2)c1CN1CCNCC1. The van der Waals surface area contributed by atoms with E-state index in [1.165, 1.54) is 15.3 Å². The van der Waals surface area contributed by atoms with Crippen LogP contribution in [-0.2, 0) is 23.1 Å². The third-order valence-corrected chi connectivity index (χ3v) is 9.04. The molecular weight excluding hydrogens is 508 g/mol. The van der Waals surface area contributed by atoms with Crippen molar-refractivity contribution in [3.8, 4) is 5.75 Å². The van der Waals surface area contributed by atoms with Crippen molar-refractivity contribution >= 4 is 38.2 Å². The summed E-state index contributed by atoms with van der Waals surface area (Å²) in [7, 11) is -4.05. The van der Waals surface area contributed by atoms with Crippen LogP contribution in [0, 0.1) is 0 Å². The van der Waals surface area contributed by atoms with Crippen LogP contribution in [0.2, 0.25) is 0 Å². The minimum atomic E-state index is -4.05. The number of carbonyl (C=O) groups excluding carboxylic acids is 1. The van der Waals surface area contributed by atoms with Crippen molar-refractivity contribution in [2.75, 3.05) is 32.8 Å². The van der Waals surface area contributed by atoms with E-state index in [0.717, 1.165) is 36.6 Å². The van der Waals surface area contributed by atoms with Gasteiger partial charge in [-0.05, 0) is 48.7 Å². The normalized spacial score (nSPS) is 14.6. The van der Waals surface area contributed by atoms with Crippen LogP contribution in [0.25, 0.3) is 10.9 Å². The lowest BCUT2D eigenvalue weighted by molar-refractivity contribution is 0.0945. The first kappa shape index (κ1) is 25.5. The van der Waals surface area contributed by atoms with Crippen LogP contribution in [0.15, 0.2) is 70.9 Å². The molecule has 2 N–H and O–H groups in total. The first-order chi connectivity index (χ1) is 18.0. The second-order valence-corrected chi connectivity index (χ2v) is 11.6. The number of hydrogen-bond acceptors (Lipinski definition) is 7. The molecule has 4 aromatic rings. The van der Waals surface area contributed by atoms with Crippen molar-refractivity contribution in [1.29, 1.82) is 0 Å². The van der Waals surface area contributed by atoms with Gasteiger partial charge in [-0.25, -0.2) is 12.4 Å². The van der Waals surface area contributed by atoms with Gasteiger partial charge >= 0.3 is 0 Å². The number of piperazine rings is 1. The zero-order valence-electron chi connectivity index (χ0n) is 20.6. The quantitative estimate of drug-likeness (QED) is 0.338. The van der Waals surface area contributed by atoms with E-state index in [-0.39, 0.29) is 10.6 Å². The number of rotatable bonds is 9. The summed E-state index contributed by atoms with van der Waals surface area (Å²) in [4.78, 5) is 16.9. The molecule has 1 aliphatic heterocycles. The largest absolute Gasteiger partial charge is 0.494 e. The molecule has 2 aromatic heterocycles. The molecule has 5 rings (SSSR count). The fourth-order valence-corrected chi connectivity index (χ4v) is 6.80. The number of amides is 1. The minimum Gasteiger partial charge on any atom is -0.494 e. The van der Waals surface area contributed by atoms with Crippen LogP contribution >= 0.6 is 11.3 Å². The summed E-state index contributed by atoms with van der Waals surface area (Å²) in [6.45, 7) is 6.85. The topological polar surface area (TPSA) is 92.7 Å². The summed E-state index contributed by atoms with van der Waals surface area (Å²) in [6, 6.07) is 17.3. The summed E-state index contributed by atoms with van der Waals surface area (Å²) in [5.41, 5.74) is 1.42. The fourth-order valence-electron chi connectivity index (χ4n) is 4.63. The molecule has 1 aliphatic rings. The molecule has 0 bridgehead atoms. The Morgan fingerprint density at radius 2 is 1.86 bits per heavy atom. The Kier molecular flexibility index (Phi) is 7.61. The zero-order valence-corrected chi connectivity index (χ0v) is 22.3. The van der Waals surface area contributed by atoms with E-state index >= 15 is 0 Å². The monoisotopic (exact) mass is 538 g/mol. The maximum atomic E-state index is 13.9. The number of thiophene rings is 1. The standard InChI is InChI=1S/C27H30N4O4S2/c1-2-35-26-11-10-24-22(23(26)19-30-14-12-28-13-15-30)17-25(27(32)29-18-20-7-6-16-36-20)31(24)37(33,34)21-8-4-3-5-9-21/h3-11,16-17,28H,2,12-15,18-19H2,1H3,(H,29,32). The lowest BCUT2D eigenvalue weighted by Gasteiger charge is -2.28. The van der Waals surface area contributed by atoms with Crippen molar-refractivity contribution in [2.45, 2.75) is 24.9 Å². The highest BCUT2D eigenvalue weighted by Gasteiger charge is 2.29. The van der Waals surface area contributed by atoms with Gasteiger partial charge in [0, 0.05) is 48.6 Å². The van der Waals surface area contributed by atoms with E-state index < -0.39 is 15.9 Å². The predicted octanol–water partition coefficient (Wildman–Crippen LogP) is 3.67. The average molecular weight is 539 g/mol. The lowest BCUT2D eigenvalue weighted by atomic mass is 10.1. The van der Waals surface area contributed by atoms with Gasteiger partial charge in [-0.2, -0.15) is 0 Å². The second kappa shape index (κ2) is 11.1. The Morgan fingerprint density at radius 3 is 2.57 bits per heavy atom. The van der Waals surface area contributed by atoms with Crippen LogP contribution in [0.3, 0.4) is 0 Å². The first-order valence-electron chi connectivity index (χ1n) is 12.3. The molecule has 8 nitrogen and oxygen atoms in total. The highest BCUT2D eigenvalue weighted by molar-refractivity contribution is 7.90. The summed E-state index contributed by atoms with van der Waals surface area (Å²) < 4.78 is 35.0. The molecule has 2 aromatic carbocycles. The first-order valence-corrected chi connectivity index (χ1v) is 14.7. The molecule has 1 fully saturated rings. The van der Waals surface area contributed by atoms with Gasteiger partial charge in [-0.15, -0.1) is 11.3 Å². The minimum absolute atomic E-state index is 0.0746. The Balaban J connectivity index is 1.66. The zero-order chi connectivity index (χ0) is 25.8. The van der Waals surface area contributed by atoms with Gasteiger partial charge in [0.2, 0.25) is 0 Å². The van der Waals surface area contributed by atoms with Gasteiger partial charge in [-0.3, -0.25) is 9.69 Å². The molecule has 194 valence electrons. The Hall–Kier alpha value is -3.18. The van der Waals surface area contributed by atoms with E-state index in [9.17, 15) is 13.2 Å². The van der Waals surface area contributed by atoms with Crippen molar-refractivity contribution in [1.82, 2.24) is 19.5 Å². The summed E-state index contributed by atoms with van der Waals surface area (Å²) in [6.07, 6.45) is 0. The molecule has 10 heteroatoms. The molecule has 1 amide bonds. The summed E-state index contributed by atoms with van der Waals surface area (Å²) in [5.74, 6) is 0.253. The highest BCUT2D eigenvalue weighted by atomic mass is 32.2. The fraction of sp³-hybridized carbons (Fsp3) is 0.296. The lowest BCUT2D eigenvalue weighted by Crippen LogP contribution is -2.42. The number of benzene rings is 2. The Bertz CT molecular complexity index is 1480. The average Bonchev–Trinajstić information content (AvgIpc) is 3.58. The number of carbonyl (C=O) groups is 1. The molecule has 0 radical (unpaired) electrons. The summed E-state index contributed by atoms with van der Waals surface area (Å²) in [5, 5.41) is 8.90. The molecule has 0 spiro atoms. The number of nitrogens with zero attached hydrogens (tertiary/aromatic N) is 2. The predicted molar refractivity (Wildman–Crippen MR) is 146 cm³/mol. The van der Waals surface area contributed by atoms with Gasteiger partial charge in [0.15, 0.2) is 0 Å². The highest BCUT2D eigenvalue weighted by Crippen LogP contribution is 2.34. The van der Waals surface area contributed by atoms with Gasteiger partial charge in [0.25, 0.3) is 15.9 Å².